The molecule has 0 saturated heterocycles. The Bertz CT molecular complexity index is 349. The van der Waals surface area contributed by atoms with Crippen LogP contribution in [0, 0.1) is 0 Å². The summed E-state index contributed by atoms with van der Waals surface area (Å²) in [6.45, 7) is 0.560. The average Bonchev–Trinajstić information content (AvgIpc) is 2.29. The van der Waals surface area contributed by atoms with Gasteiger partial charge in [0, 0.05) is 0 Å². The Morgan fingerprint density at radius 1 is 1.38 bits per heavy atom. The zero-order chi connectivity index (χ0) is 11.8. The summed E-state index contributed by atoms with van der Waals surface area (Å²) in [5.41, 5.74) is 11.5. The molecule has 1 aromatic rings. The number of hydrogen-bond acceptors (Lipinski definition) is 3. The summed E-state index contributed by atoms with van der Waals surface area (Å²) < 4.78 is 5.17. The topological polar surface area (TPSA) is 78.3 Å². The second-order valence-corrected chi connectivity index (χ2v) is 3.36. The first-order valence-corrected chi connectivity index (χ1v) is 5.04. The maximum absolute atomic E-state index is 10.6. The zero-order valence-corrected chi connectivity index (χ0v) is 9.00. The Morgan fingerprint density at radius 2 is 2.06 bits per heavy atom. The molecule has 16 heavy (non-hydrogen) atoms. The smallest absolute Gasteiger partial charge is 0.236 e. The molecular formula is C12H16N2O2. The van der Waals surface area contributed by atoms with Crippen molar-refractivity contribution >= 4 is 12.0 Å². The van der Waals surface area contributed by atoms with Gasteiger partial charge in [0.05, 0.1) is 13.2 Å². The highest BCUT2D eigenvalue weighted by atomic mass is 16.5. The molecule has 86 valence electrons. The van der Waals surface area contributed by atoms with Crippen LogP contribution in [-0.4, -0.2) is 25.2 Å². The van der Waals surface area contributed by atoms with Gasteiger partial charge in [-0.25, -0.2) is 0 Å². The van der Waals surface area contributed by atoms with Gasteiger partial charge in [0.1, 0.15) is 6.04 Å². The Hall–Kier alpha value is -1.65. The highest BCUT2D eigenvalue weighted by Crippen LogP contribution is 2.00. The van der Waals surface area contributed by atoms with E-state index < -0.39 is 11.9 Å². The van der Waals surface area contributed by atoms with Crippen molar-refractivity contribution in [3.8, 4) is 0 Å². The quantitative estimate of drug-likeness (QED) is 0.686. The van der Waals surface area contributed by atoms with Crippen molar-refractivity contribution in [3.05, 3.63) is 42.0 Å². The summed E-state index contributed by atoms with van der Waals surface area (Å²) in [4.78, 5) is 10.6. The number of carbonyl (C=O) groups excluding carboxylic acids is 1. The van der Waals surface area contributed by atoms with E-state index in [1.54, 1.807) is 0 Å². The number of primary amides is 1. The first-order chi connectivity index (χ1) is 7.70. The summed E-state index contributed by atoms with van der Waals surface area (Å²) in [5.74, 6) is -0.549. The van der Waals surface area contributed by atoms with E-state index in [1.165, 1.54) is 0 Å². The van der Waals surface area contributed by atoms with Crippen LogP contribution >= 0.6 is 0 Å². The van der Waals surface area contributed by atoms with Crippen LogP contribution in [0.3, 0.4) is 0 Å². The molecule has 1 amide bonds. The molecule has 0 heterocycles. The highest BCUT2D eigenvalue weighted by Gasteiger charge is 2.07. The minimum Gasteiger partial charge on any atom is -0.375 e. The molecule has 0 radical (unpaired) electrons. The predicted octanol–water partition coefficient (Wildman–Crippen LogP) is 0.529. The van der Waals surface area contributed by atoms with Gasteiger partial charge in [-0.2, -0.15) is 0 Å². The Labute approximate surface area is 94.9 Å². The molecule has 0 bridgehead atoms. The monoisotopic (exact) mass is 220 g/mol. The fraction of sp³-hybridized carbons (Fsp3) is 0.250. The number of amides is 1. The van der Waals surface area contributed by atoms with E-state index in [-0.39, 0.29) is 6.61 Å². The molecule has 0 aliphatic rings. The lowest BCUT2D eigenvalue weighted by atomic mass is 10.2. The van der Waals surface area contributed by atoms with Gasteiger partial charge in [-0.3, -0.25) is 4.79 Å². The van der Waals surface area contributed by atoms with Crippen molar-refractivity contribution in [2.45, 2.75) is 6.04 Å². The summed E-state index contributed by atoms with van der Waals surface area (Å²) in [5, 5.41) is 0. The molecule has 0 aromatic heterocycles. The maximum atomic E-state index is 10.6. The van der Waals surface area contributed by atoms with Gasteiger partial charge in [0.15, 0.2) is 0 Å². The lowest BCUT2D eigenvalue weighted by molar-refractivity contribution is -0.120. The number of benzene rings is 1. The Morgan fingerprint density at radius 3 is 2.69 bits per heavy atom. The van der Waals surface area contributed by atoms with Crippen molar-refractivity contribution < 1.29 is 9.53 Å². The van der Waals surface area contributed by atoms with E-state index in [0.717, 1.165) is 5.56 Å². The van der Waals surface area contributed by atoms with Crippen molar-refractivity contribution in [2.24, 2.45) is 11.5 Å². The second kappa shape index (κ2) is 6.76. The fourth-order valence-corrected chi connectivity index (χ4v) is 1.09. The van der Waals surface area contributed by atoms with Crippen molar-refractivity contribution in [1.29, 1.82) is 0 Å². The first-order valence-electron chi connectivity index (χ1n) is 5.04. The molecule has 0 aliphatic heterocycles. The third-order valence-corrected chi connectivity index (χ3v) is 1.99. The SMILES string of the molecule is NC(=O)C(N)COC/C=C/c1ccccc1. The van der Waals surface area contributed by atoms with Gasteiger partial charge < -0.3 is 16.2 Å². The molecule has 1 aromatic carbocycles. The third kappa shape index (κ3) is 4.72. The normalized spacial score (nSPS) is 12.8. The minimum absolute atomic E-state index is 0.147. The van der Waals surface area contributed by atoms with Gasteiger partial charge in [-0.05, 0) is 5.56 Å². The van der Waals surface area contributed by atoms with Crippen LogP contribution in [0.15, 0.2) is 36.4 Å². The average molecular weight is 220 g/mol. The lowest BCUT2D eigenvalue weighted by Gasteiger charge is -2.06. The van der Waals surface area contributed by atoms with Crippen LogP contribution < -0.4 is 11.5 Å². The molecule has 1 atom stereocenters. The first kappa shape index (κ1) is 12.4. The zero-order valence-electron chi connectivity index (χ0n) is 9.00. The summed E-state index contributed by atoms with van der Waals surface area (Å²) in [6.07, 6.45) is 3.80. The van der Waals surface area contributed by atoms with E-state index in [0.29, 0.717) is 6.61 Å². The molecule has 4 N–H and O–H groups in total. The van der Waals surface area contributed by atoms with Gasteiger partial charge in [-0.15, -0.1) is 0 Å². The Balaban J connectivity index is 2.21. The molecule has 0 saturated carbocycles. The number of rotatable bonds is 6. The molecule has 4 heteroatoms. The fourth-order valence-electron chi connectivity index (χ4n) is 1.09. The van der Waals surface area contributed by atoms with Gasteiger partial charge in [0.2, 0.25) is 5.91 Å². The van der Waals surface area contributed by atoms with E-state index in [2.05, 4.69) is 0 Å². The molecule has 0 fully saturated rings. The van der Waals surface area contributed by atoms with E-state index in [4.69, 9.17) is 16.2 Å². The van der Waals surface area contributed by atoms with Crippen molar-refractivity contribution in [1.82, 2.24) is 0 Å². The molecule has 0 aliphatic carbocycles. The highest BCUT2D eigenvalue weighted by molar-refractivity contribution is 5.79. The van der Waals surface area contributed by atoms with Crippen LogP contribution in [0.4, 0.5) is 0 Å². The molecule has 1 rings (SSSR count). The van der Waals surface area contributed by atoms with E-state index >= 15 is 0 Å². The van der Waals surface area contributed by atoms with Gasteiger partial charge in [0.25, 0.3) is 0 Å². The van der Waals surface area contributed by atoms with Gasteiger partial charge >= 0.3 is 0 Å². The second-order valence-electron chi connectivity index (χ2n) is 3.36. The molecular weight excluding hydrogens is 204 g/mol. The summed E-state index contributed by atoms with van der Waals surface area (Å²) in [6, 6.07) is 9.13. The van der Waals surface area contributed by atoms with Crippen LogP contribution in [-0.2, 0) is 9.53 Å². The molecule has 0 spiro atoms. The van der Waals surface area contributed by atoms with E-state index in [9.17, 15) is 4.79 Å². The standard InChI is InChI=1S/C12H16N2O2/c13-11(12(14)15)9-16-8-4-7-10-5-2-1-3-6-10/h1-7,11H,8-9,13H2,(H2,14,15)/b7-4+. The number of hydrogen-bond donors (Lipinski definition) is 2. The maximum Gasteiger partial charge on any atom is 0.236 e. The predicted molar refractivity (Wildman–Crippen MR) is 63.5 cm³/mol. The van der Waals surface area contributed by atoms with Crippen LogP contribution in [0.25, 0.3) is 6.08 Å². The lowest BCUT2D eigenvalue weighted by Crippen LogP contribution is -2.40. The number of carbonyl (C=O) groups is 1. The number of nitrogens with two attached hydrogens (primary N) is 2. The van der Waals surface area contributed by atoms with Crippen LogP contribution in [0.5, 0.6) is 0 Å². The van der Waals surface area contributed by atoms with E-state index in [1.807, 2.05) is 42.5 Å². The molecule has 4 nitrogen and oxygen atoms in total. The minimum atomic E-state index is -0.731. The summed E-state index contributed by atoms with van der Waals surface area (Å²) in [7, 11) is 0. The van der Waals surface area contributed by atoms with Crippen molar-refractivity contribution in [3.63, 3.8) is 0 Å². The largest absolute Gasteiger partial charge is 0.375 e. The van der Waals surface area contributed by atoms with Gasteiger partial charge in [-0.1, -0.05) is 42.5 Å². The Kier molecular flexibility index (Phi) is 5.25. The third-order valence-electron chi connectivity index (χ3n) is 1.99. The van der Waals surface area contributed by atoms with Crippen molar-refractivity contribution in [2.75, 3.05) is 13.2 Å². The summed E-state index contributed by atoms with van der Waals surface area (Å²) >= 11 is 0. The number of ether oxygens (including phenoxy) is 1. The molecule has 1 unspecified atom stereocenters. The van der Waals surface area contributed by atoms with Crippen LogP contribution in [0.1, 0.15) is 5.56 Å². The van der Waals surface area contributed by atoms with Crippen LogP contribution in [0.2, 0.25) is 0 Å².